The van der Waals surface area contributed by atoms with Crippen molar-refractivity contribution in [1.29, 1.82) is 0 Å². The fourth-order valence-corrected chi connectivity index (χ4v) is 11.2. The lowest BCUT2D eigenvalue weighted by molar-refractivity contribution is -0.138. The first-order chi connectivity index (χ1) is 14.1. The van der Waals surface area contributed by atoms with E-state index in [0.29, 0.717) is 0 Å². The summed E-state index contributed by atoms with van der Waals surface area (Å²) in [6.07, 6.45) is 8.27. The smallest absolute Gasteiger partial charge is 0.346 e. The molecule has 4 aliphatic rings. The molecule has 4 heterocycles. The van der Waals surface area contributed by atoms with Crippen LogP contribution in [0.3, 0.4) is 0 Å². The van der Waals surface area contributed by atoms with Crippen LogP contribution in [0.15, 0.2) is 71.7 Å². The van der Waals surface area contributed by atoms with Crippen molar-refractivity contribution >= 4 is 94.3 Å². The summed E-state index contributed by atoms with van der Waals surface area (Å²) in [6, 6.07) is 0. The molecule has 0 amide bonds. The molecule has 0 saturated heterocycles. The van der Waals surface area contributed by atoms with E-state index in [4.69, 9.17) is 9.47 Å². The van der Waals surface area contributed by atoms with E-state index in [1.807, 2.05) is 35.7 Å². The second kappa shape index (κ2) is 9.80. The normalized spacial score (nSPS) is 20.6. The van der Waals surface area contributed by atoms with Gasteiger partial charge in [0.25, 0.3) is 0 Å². The van der Waals surface area contributed by atoms with E-state index < -0.39 is 11.9 Å². The number of methoxy groups -OCH3 is 2. The molecule has 0 fully saturated rings. The number of allylic oxidation sites excluding steroid dienone is 5. The third kappa shape index (κ3) is 4.91. The largest absolute Gasteiger partial charge is 0.465 e. The van der Waals surface area contributed by atoms with E-state index in [0.717, 1.165) is 4.24 Å². The van der Waals surface area contributed by atoms with Crippen LogP contribution in [0, 0.1) is 0 Å². The summed E-state index contributed by atoms with van der Waals surface area (Å²) in [5.41, 5.74) is 1.26. The van der Waals surface area contributed by atoms with Crippen molar-refractivity contribution in [2.75, 3.05) is 14.2 Å². The van der Waals surface area contributed by atoms with Gasteiger partial charge < -0.3 is 9.47 Å². The number of ether oxygens (including phenoxy) is 2. The highest BCUT2D eigenvalue weighted by Gasteiger charge is 2.33. The van der Waals surface area contributed by atoms with Gasteiger partial charge in [0.15, 0.2) is 0 Å². The molecule has 11 heteroatoms. The summed E-state index contributed by atoms with van der Waals surface area (Å²) < 4.78 is 15.5. The maximum Gasteiger partial charge on any atom is 0.346 e. The Morgan fingerprint density at radius 2 is 1.21 bits per heavy atom. The number of hydrogen-bond acceptors (Lipinski definition) is 11. The van der Waals surface area contributed by atoms with E-state index in [-0.39, 0.29) is 9.81 Å². The number of thioether (sulfide) groups is 7. The standard InChI is InChI=1S/C18H12O4S7/c1-21-14(19)12-13(15(20)22-2)25-10(24-12)3-4-11-26-17-18(27-11)29-16(28-17)9-5-7-23-8-6-9/h3-8H,1-2H3. The van der Waals surface area contributed by atoms with Gasteiger partial charge in [0.1, 0.15) is 9.81 Å². The molecule has 4 rings (SSSR count). The van der Waals surface area contributed by atoms with Gasteiger partial charge >= 0.3 is 11.9 Å². The number of carbonyl (C=O) groups excluding carboxylic acids is 2. The van der Waals surface area contributed by atoms with Gasteiger partial charge in [-0.1, -0.05) is 70.6 Å². The SMILES string of the molecule is COC(=O)C1=C(C(=O)OC)SC(=CC=C2SC3=C(S2)SC(=C2C=CSC=C2)S3)S1. The molecule has 4 nitrogen and oxygen atoms in total. The van der Waals surface area contributed by atoms with Crippen LogP contribution in [0.2, 0.25) is 0 Å². The molecular weight excluding hydrogens is 505 g/mol. The highest BCUT2D eigenvalue weighted by atomic mass is 32.3. The molecule has 0 N–H and O–H groups in total. The summed E-state index contributed by atoms with van der Waals surface area (Å²) in [4.78, 5) is 24.4. The van der Waals surface area contributed by atoms with Crippen LogP contribution < -0.4 is 0 Å². The highest BCUT2D eigenvalue weighted by molar-refractivity contribution is 8.48. The quantitative estimate of drug-likeness (QED) is 0.373. The molecular formula is C18H12O4S7. The van der Waals surface area contributed by atoms with Crippen molar-refractivity contribution in [2.24, 2.45) is 0 Å². The van der Waals surface area contributed by atoms with Crippen LogP contribution in [0.5, 0.6) is 0 Å². The van der Waals surface area contributed by atoms with Crippen LogP contribution in [-0.4, -0.2) is 26.2 Å². The monoisotopic (exact) mass is 516 g/mol. The lowest BCUT2D eigenvalue weighted by atomic mass is 10.3. The van der Waals surface area contributed by atoms with Crippen LogP contribution >= 0.6 is 82.3 Å². The first-order valence-electron chi connectivity index (χ1n) is 7.96. The average molecular weight is 517 g/mol. The van der Waals surface area contributed by atoms with Crippen molar-refractivity contribution in [3.05, 3.63) is 71.7 Å². The van der Waals surface area contributed by atoms with Crippen molar-refractivity contribution < 1.29 is 19.1 Å². The van der Waals surface area contributed by atoms with Crippen molar-refractivity contribution in [2.45, 2.75) is 0 Å². The Morgan fingerprint density at radius 3 is 1.69 bits per heavy atom. The molecule has 150 valence electrons. The first kappa shape index (κ1) is 21.8. The third-order valence-electron chi connectivity index (χ3n) is 3.52. The molecule has 0 aliphatic carbocycles. The van der Waals surface area contributed by atoms with Crippen molar-refractivity contribution in [3.8, 4) is 0 Å². The Morgan fingerprint density at radius 1 is 0.724 bits per heavy atom. The molecule has 0 aromatic carbocycles. The topological polar surface area (TPSA) is 52.6 Å². The van der Waals surface area contributed by atoms with Crippen molar-refractivity contribution in [3.63, 3.8) is 0 Å². The van der Waals surface area contributed by atoms with Gasteiger partial charge in [0, 0.05) is 0 Å². The second-order valence-electron chi connectivity index (χ2n) is 5.28. The first-order valence-corrected chi connectivity index (χ1v) is 13.8. The summed E-state index contributed by atoms with van der Waals surface area (Å²) in [7, 11) is 2.60. The highest BCUT2D eigenvalue weighted by Crippen LogP contribution is 2.67. The van der Waals surface area contributed by atoms with Crippen molar-refractivity contribution in [1.82, 2.24) is 0 Å². The van der Waals surface area contributed by atoms with E-state index in [9.17, 15) is 9.59 Å². The molecule has 29 heavy (non-hydrogen) atoms. The van der Waals surface area contributed by atoms with Crippen LogP contribution in [-0.2, 0) is 19.1 Å². The van der Waals surface area contributed by atoms with Gasteiger partial charge in [0.05, 0.1) is 35.4 Å². The maximum absolute atomic E-state index is 11.9. The number of hydrogen-bond donors (Lipinski definition) is 0. The van der Waals surface area contributed by atoms with Crippen LogP contribution in [0.1, 0.15) is 0 Å². The Balaban J connectivity index is 1.42. The molecule has 0 aromatic heterocycles. The fraction of sp³-hybridized carbons (Fsp3) is 0.111. The lowest BCUT2D eigenvalue weighted by Gasteiger charge is -2.06. The Bertz CT molecular complexity index is 932. The van der Waals surface area contributed by atoms with E-state index in [1.165, 1.54) is 60.3 Å². The molecule has 0 spiro atoms. The minimum atomic E-state index is -0.526. The Kier molecular flexibility index (Phi) is 7.36. The van der Waals surface area contributed by atoms with Gasteiger partial charge in [0.2, 0.25) is 0 Å². The summed E-state index contributed by atoms with van der Waals surface area (Å²) in [6.45, 7) is 0. The lowest BCUT2D eigenvalue weighted by Crippen LogP contribution is -2.08. The van der Waals surface area contributed by atoms with E-state index in [1.54, 1.807) is 35.3 Å². The number of carbonyl (C=O) groups is 2. The second-order valence-corrected chi connectivity index (χ2v) is 13.6. The minimum Gasteiger partial charge on any atom is -0.465 e. The molecule has 0 unspecified atom stereocenters. The number of esters is 2. The molecule has 0 radical (unpaired) electrons. The zero-order valence-electron chi connectivity index (χ0n) is 15.0. The fourth-order valence-electron chi connectivity index (χ4n) is 2.22. The minimum absolute atomic E-state index is 0.274. The zero-order valence-corrected chi connectivity index (χ0v) is 20.7. The van der Waals surface area contributed by atoms with E-state index >= 15 is 0 Å². The predicted molar refractivity (Wildman–Crippen MR) is 133 cm³/mol. The average Bonchev–Trinajstić information content (AvgIpc) is 3.44. The summed E-state index contributed by atoms with van der Waals surface area (Å²) in [5.74, 6) is -1.05. The van der Waals surface area contributed by atoms with Gasteiger partial charge in [-0.2, -0.15) is 0 Å². The molecule has 4 aliphatic heterocycles. The van der Waals surface area contributed by atoms with Gasteiger partial charge in [-0.25, -0.2) is 9.59 Å². The summed E-state index contributed by atoms with van der Waals surface area (Å²) >= 11 is 11.3. The Labute approximate surface area is 198 Å². The predicted octanol–water partition coefficient (Wildman–Crippen LogP) is 6.78. The molecule has 0 aromatic rings. The zero-order chi connectivity index (χ0) is 20.4. The molecule has 0 atom stereocenters. The van der Waals surface area contributed by atoms with Gasteiger partial charge in [-0.15, -0.1) is 11.8 Å². The van der Waals surface area contributed by atoms with Crippen LogP contribution in [0.4, 0.5) is 0 Å². The van der Waals surface area contributed by atoms with Gasteiger partial charge in [-0.05, 0) is 40.7 Å². The maximum atomic E-state index is 11.9. The Hall–Kier alpha value is -0.430. The van der Waals surface area contributed by atoms with Gasteiger partial charge in [-0.3, -0.25) is 0 Å². The summed E-state index contributed by atoms with van der Waals surface area (Å²) in [5, 5.41) is 4.20. The van der Waals surface area contributed by atoms with E-state index in [2.05, 4.69) is 23.0 Å². The van der Waals surface area contributed by atoms with Crippen LogP contribution in [0.25, 0.3) is 0 Å². The molecule has 0 bridgehead atoms. The third-order valence-corrected chi connectivity index (χ3v) is 12.2. The molecule has 0 saturated carbocycles. The number of rotatable bonds is 3.